The van der Waals surface area contributed by atoms with Crippen LogP contribution >= 0.6 is 11.6 Å². The van der Waals surface area contributed by atoms with Crippen LogP contribution in [0.2, 0.25) is 5.02 Å². The zero-order valence-electron chi connectivity index (χ0n) is 19.7. The molecule has 0 unspecified atom stereocenters. The van der Waals surface area contributed by atoms with Gasteiger partial charge in [-0.3, -0.25) is 9.80 Å². The van der Waals surface area contributed by atoms with E-state index in [-0.39, 0.29) is 11.7 Å². The van der Waals surface area contributed by atoms with E-state index in [0.717, 1.165) is 43.0 Å². The molecule has 2 aromatic carbocycles. The standard InChI is InChI=1S/C27H28ClN3O4/c1-17-2-9-22(28)24-23(17)19(15-30(24)20-7-8-20)14-29-12-10-27(11-13-29)16-31(26(34)35-27)21-5-3-18(4-6-21)25(32)33/h2-6,9,15,20H,7-8,10-14,16H2,1H3,(H,32,33). The average molecular weight is 494 g/mol. The van der Waals surface area contributed by atoms with Crippen molar-refractivity contribution in [1.82, 2.24) is 9.47 Å². The zero-order chi connectivity index (χ0) is 24.3. The van der Waals surface area contributed by atoms with Gasteiger partial charge in [0.25, 0.3) is 0 Å². The highest BCUT2D eigenvalue weighted by atomic mass is 35.5. The molecule has 1 N–H and O–H groups in total. The number of rotatable bonds is 5. The lowest BCUT2D eigenvalue weighted by molar-refractivity contribution is -0.000899. The van der Waals surface area contributed by atoms with Gasteiger partial charge in [0.1, 0.15) is 5.60 Å². The number of hydrogen-bond acceptors (Lipinski definition) is 4. The number of halogens is 1. The van der Waals surface area contributed by atoms with Crippen LogP contribution in [0.1, 0.15) is 53.2 Å². The van der Waals surface area contributed by atoms with E-state index >= 15 is 0 Å². The van der Waals surface area contributed by atoms with Crippen LogP contribution in [0.5, 0.6) is 0 Å². The molecule has 2 saturated heterocycles. The van der Waals surface area contributed by atoms with E-state index in [4.69, 9.17) is 21.4 Å². The van der Waals surface area contributed by atoms with E-state index < -0.39 is 11.6 Å². The first-order chi connectivity index (χ1) is 16.8. The van der Waals surface area contributed by atoms with Crippen molar-refractivity contribution in [2.75, 3.05) is 24.5 Å². The maximum Gasteiger partial charge on any atom is 0.415 e. The molecule has 7 nitrogen and oxygen atoms in total. The molecule has 0 atom stereocenters. The summed E-state index contributed by atoms with van der Waals surface area (Å²) in [7, 11) is 0. The van der Waals surface area contributed by atoms with Gasteiger partial charge in [0.05, 0.1) is 22.6 Å². The Balaban J connectivity index is 1.16. The first kappa shape index (κ1) is 22.4. The first-order valence-electron chi connectivity index (χ1n) is 12.2. The highest BCUT2D eigenvalue weighted by Crippen LogP contribution is 2.43. The number of nitrogens with zero attached hydrogens (tertiary/aromatic N) is 3. The first-order valence-corrected chi connectivity index (χ1v) is 12.6. The number of aromatic carboxylic acids is 1. The molecule has 3 aromatic rings. The van der Waals surface area contributed by atoms with Crippen molar-refractivity contribution < 1.29 is 19.4 Å². The Morgan fingerprint density at radius 1 is 1.14 bits per heavy atom. The van der Waals surface area contributed by atoms with Crippen molar-refractivity contribution in [3.63, 3.8) is 0 Å². The normalized spacial score (nSPS) is 20.1. The highest BCUT2D eigenvalue weighted by molar-refractivity contribution is 6.35. The summed E-state index contributed by atoms with van der Waals surface area (Å²) in [6.45, 7) is 5.17. The molecular weight excluding hydrogens is 466 g/mol. The summed E-state index contributed by atoms with van der Waals surface area (Å²) in [5.74, 6) is -0.984. The summed E-state index contributed by atoms with van der Waals surface area (Å²) < 4.78 is 8.28. The van der Waals surface area contributed by atoms with Crippen LogP contribution in [0.15, 0.2) is 42.6 Å². The fraction of sp³-hybridized carbons (Fsp3) is 0.407. The number of fused-ring (bicyclic) bond motifs is 1. The van der Waals surface area contributed by atoms with Gasteiger partial charge in [-0.05, 0) is 61.2 Å². The Hall–Kier alpha value is -3.03. The van der Waals surface area contributed by atoms with Crippen molar-refractivity contribution in [3.05, 3.63) is 64.3 Å². The van der Waals surface area contributed by atoms with Gasteiger partial charge in [-0.1, -0.05) is 17.7 Å². The second-order valence-corrected chi connectivity index (χ2v) is 10.6. The molecule has 1 aliphatic carbocycles. The summed E-state index contributed by atoms with van der Waals surface area (Å²) >= 11 is 6.63. The van der Waals surface area contributed by atoms with E-state index in [9.17, 15) is 9.59 Å². The highest BCUT2D eigenvalue weighted by Gasteiger charge is 2.47. The van der Waals surface area contributed by atoms with Crippen molar-refractivity contribution in [1.29, 1.82) is 0 Å². The fourth-order valence-electron chi connectivity index (χ4n) is 5.61. The predicted molar refractivity (Wildman–Crippen MR) is 134 cm³/mol. The second kappa shape index (κ2) is 8.28. The number of likely N-dealkylation sites (tertiary alicyclic amines) is 1. The number of benzene rings is 2. The smallest absolute Gasteiger partial charge is 0.415 e. The molecule has 3 fully saturated rings. The van der Waals surface area contributed by atoms with E-state index in [2.05, 4.69) is 28.7 Å². The van der Waals surface area contributed by atoms with Gasteiger partial charge in [0.15, 0.2) is 0 Å². The predicted octanol–water partition coefficient (Wildman–Crippen LogP) is 5.63. The Labute approximate surface area is 208 Å². The Bertz CT molecular complexity index is 1320. The van der Waals surface area contributed by atoms with Crippen molar-refractivity contribution in [3.8, 4) is 0 Å². The van der Waals surface area contributed by atoms with Crippen LogP contribution in [0, 0.1) is 6.92 Å². The Kier molecular flexibility index (Phi) is 5.31. The summed E-state index contributed by atoms with van der Waals surface area (Å²) in [6, 6.07) is 11.0. The molecule has 35 heavy (non-hydrogen) atoms. The number of carbonyl (C=O) groups is 2. The van der Waals surface area contributed by atoms with Gasteiger partial charge in [-0.2, -0.15) is 0 Å². The van der Waals surface area contributed by atoms with Gasteiger partial charge < -0.3 is 14.4 Å². The van der Waals surface area contributed by atoms with Gasteiger partial charge in [-0.15, -0.1) is 0 Å². The maximum atomic E-state index is 12.7. The Morgan fingerprint density at radius 2 is 1.86 bits per heavy atom. The molecule has 1 amide bonds. The third-order valence-electron chi connectivity index (χ3n) is 7.71. The number of carboxylic acids is 1. The third-order valence-corrected chi connectivity index (χ3v) is 8.01. The van der Waals surface area contributed by atoms with E-state index in [1.165, 1.54) is 41.5 Å². The topological polar surface area (TPSA) is 75.0 Å². The van der Waals surface area contributed by atoms with Gasteiger partial charge in [-0.25, -0.2) is 9.59 Å². The lowest BCUT2D eigenvalue weighted by Crippen LogP contribution is -2.46. The largest absolute Gasteiger partial charge is 0.478 e. The SMILES string of the molecule is Cc1ccc(Cl)c2c1c(CN1CCC3(CC1)CN(c1ccc(C(=O)O)cc1)C(=O)O3)cn2C1CC1. The van der Waals surface area contributed by atoms with E-state index in [1.807, 2.05) is 6.07 Å². The lowest BCUT2D eigenvalue weighted by atomic mass is 9.91. The molecule has 1 spiro atoms. The zero-order valence-corrected chi connectivity index (χ0v) is 20.4. The van der Waals surface area contributed by atoms with Crippen LogP contribution in [0.25, 0.3) is 10.9 Å². The molecule has 3 aliphatic rings. The second-order valence-electron chi connectivity index (χ2n) is 10.1. The van der Waals surface area contributed by atoms with Crippen molar-refractivity contribution in [2.45, 2.75) is 50.8 Å². The van der Waals surface area contributed by atoms with Crippen LogP contribution < -0.4 is 4.90 Å². The number of carboxylic acid groups (broad SMARTS) is 1. The van der Waals surface area contributed by atoms with Gasteiger partial charge in [0.2, 0.25) is 0 Å². The van der Waals surface area contributed by atoms with Crippen LogP contribution in [0.3, 0.4) is 0 Å². The van der Waals surface area contributed by atoms with Gasteiger partial charge >= 0.3 is 12.1 Å². The van der Waals surface area contributed by atoms with Crippen LogP contribution in [0.4, 0.5) is 10.5 Å². The van der Waals surface area contributed by atoms with E-state index in [1.54, 1.807) is 17.0 Å². The molecule has 3 heterocycles. The number of ether oxygens (including phenoxy) is 1. The number of carbonyl (C=O) groups excluding carboxylic acids is 1. The molecular formula is C27H28ClN3O4. The number of amides is 1. The summed E-state index contributed by atoms with van der Waals surface area (Å²) in [4.78, 5) is 27.9. The average Bonchev–Trinajstić information content (AvgIpc) is 3.55. The quantitative estimate of drug-likeness (QED) is 0.498. The summed E-state index contributed by atoms with van der Waals surface area (Å²) in [6.07, 6.45) is 5.89. The number of piperidine rings is 1. The van der Waals surface area contributed by atoms with E-state index in [0.29, 0.717) is 18.3 Å². The number of anilines is 1. The number of aryl methyl sites for hydroxylation is 1. The summed E-state index contributed by atoms with van der Waals surface area (Å²) in [5, 5.41) is 11.2. The lowest BCUT2D eigenvalue weighted by Gasteiger charge is -2.37. The van der Waals surface area contributed by atoms with Crippen LogP contribution in [-0.2, 0) is 11.3 Å². The third kappa shape index (κ3) is 3.96. The molecule has 0 radical (unpaired) electrons. The molecule has 1 aromatic heterocycles. The van der Waals surface area contributed by atoms with Crippen molar-refractivity contribution in [2.24, 2.45) is 0 Å². The molecule has 1 saturated carbocycles. The minimum Gasteiger partial charge on any atom is -0.478 e. The Morgan fingerprint density at radius 3 is 2.51 bits per heavy atom. The van der Waals surface area contributed by atoms with Gasteiger partial charge in [0, 0.05) is 55.8 Å². The minimum atomic E-state index is -0.984. The minimum absolute atomic E-state index is 0.198. The maximum absolute atomic E-state index is 12.7. The van der Waals surface area contributed by atoms with Crippen LogP contribution in [-0.4, -0.2) is 51.9 Å². The molecule has 6 rings (SSSR count). The number of aromatic nitrogens is 1. The molecule has 8 heteroatoms. The molecule has 182 valence electrons. The molecule has 0 bridgehead atoms. The molecule has 2 aliphatic heterocycles. The number of hydrogen-bond donors (Lipinski definition) is 1. The van der Waals surface area contributed by atoms with Crippen molar-refractivity contribution >= 4 is 40.3 Å². The monoisotopic (exact) mass is 493 g/mol. The fourth-order valence-corrected chi connectivity index (χ4v) is 5.86. The summed E-state index contributed by atoms with van der Waals surface area (Å²) in [5.41, 5.74) is 4.09.